The first-order chi connectivity index (χ1) is 6.25. The average molecular weight is 175 g/mol. The average Bonchev–Trinajstić information content (AvgIpc) is 2.41. The van der Waals surface area contributed by atoms with Gasteiger partial charge >= 0.3 is 0 Å². The summed E-state index contributed by atoms with van der Waals surface area (Å²) in [5.41, 5.74) is 1.65. The van der Waals surface area contributed by atoms with Gasteiger partial charge in [0.25, 0.3) is 0 Å². The maximum atomic E-state index is 11.5. The molecular weight excluding hydrogens is 166 g/mol. The predicted molar refractivity (Wildman–Crippen MR) is 48.7 cm³/mol. The van der Waals surface area contributed by atoms with Gasteiger partial charge in [0.1, 0.15) is 12.2 Å². The van der Waals surface area contributed by atoms with Crippen molar-refractivity contribution < 1.29 is 9.59 Å². The number of benzene rings is 1. The van der Waals surface area contributed by atoms with Crippen LogP contribution in [0.1, 0.15) is 11.5 Å². The highest BCUT2D eigenvalue weighted by Gasteiger charge is 2.34. The molecule has 1 aromatic carbocycles. The van der Waals surface area contributed by atoms with Gasteiger partial charge in [-0.2, -0.15) is 0 Å². The van der Waals surface area contributed by atoms with E-state index in [2.05, 4.69) is 0 Å². The van der Waals surface area contributed by atoms with E-state index in [1.807, 2.05) is 24.3 Å². The van der Waals surface area contributed by atoms with Crippen molar-refractivity contribution in [2.45, 2.75) is 5.92 Å². The lowest BCUT2D eigenvalue weighted by Gasteiger charge is -2.08. The van der Waals surface area contributed by atoms with E-state index < -0.39 is 5.92 Å². The predicted octanol–water partition coefficient (Wildman–Crippen LogP) is 0.945. The standard InChI is InChI=1S/C10H9NO2/c1-11-9-5-3-2-4-7(9)8(6-12)10(11)13/h2-6,8H,1H3/t8-/m1/s1. The van der Waals surface area contributed by atoms with Crippen LogP contribution in [0.2, 0.25) is 0 Å². The summed E-state index contributed by atoms with van der Waals surface area (Å²) in [4.78, 5) is 23.7. The van der Waals surface area contributed by atoms with E-state index in [1.54, 1.807) is 7.05 Å². The topological polar surface area (TPSA) is 37.4 Å². The van der Waals surface area contributed by atoms with Gasteiger partial charge in [-0.3, -0.25) is 4.79 Å². The number of aldehydes is 1. The minimum Gasteiger partial charge on any atom is -0.314 e. The Kier molecular flexibility index (Phi) is 1.65. The van der Waals surface area contributed by atoms with Crippen molar-refractivity contribution in [3.63, 3.8) is 0 Å². The van der Waals surface area contributed by atoms with Crippen molar-refractivity contribution >= 4 is 17.9 Å². The van der Waals surface area contributed by atoms with Gasteiger partial charge in [-0.15, -0.1) is 0 Å². The Morgan fingerprint density at radius 1 is 1.38 bits per heavy atom. The Labute approximate surface area is 76.0 Å². The number of likely N-dealkylation sites (N-methyl/N-ethyl adjacent to an activating group) is 1. The van der Waals surface area contributed by atoms with E-state index in [1.165, 1.54) is 4.90 Å². The van der Waals surface area contributed by atoms with Gasteiger partial charge in [0.2, 0.25) is 5.91 Å². The van der Waals surface area contributed by atoms with Crippen molar-refractivity contribution in [3.8, 4) is 0 Å². The molecule has 0 radical (unpaired) electrons. The molecule has 13 heavy (non-hydrogen) atoms. The molecule has 0 bridgehead atoms. The molecule has 0 spiro atoms. The molecular formula is C10H9NO2. The quantitative estimate of drug-likeness (QED) is 0.470. The highest BCUT2D eigenvalue weighted by Crippen LogP contribution is 2.34. The summed E-state index contributed by atoms with van der Waals surface area (Å²) < 4.78 is 0. The maximum absolute atomic E-state index is 11.5. The van der Waals surface area contributed by atoms with Gasteiger partial charge in [0, 0.05) is 12.7 Å². The van der Waals surface area contributed by atoms with Crippen LogP contribution in [0.5, 0.6) is 0 Å². The molecule has 1 heterocycles. The number of carbonyl (C=O) groups excluding carboxylic acids is 2. The molecule has 0 saturated carbocycles. The lowest BCUT2D eigenvalue weighted by Crippen LogP contribution is -2.24. The van der Waals surface area contributed by atoms with Crippen LogP contribution >= 0.6 is 0 Å². The number of anilines is 1. The first kappa shape index (κ1) is 7.98. The van der Waals surface area contributed by atoms with Gasteiger partial charge in [-0.1, -0.05) is 18.2 Å². The second-order valence-corrected chi connectivity index (χ2v) is 3.07. The molecule has 0 saturated heterocycles. The van der Waals surface area contributed by atoms with E-state index in [0.29, 0.717) is 6.29 Å². The molecule has 1 aromatic rings. The minimum absolute atomic E-state index is 0.142. The Morgan fingerprint density at radius 3 is 2.77 bits per heavy atom. The summed E-state index contributed by atoms with van der Waals surface area (Å²) in [6, 6.07) is 7.35. The van der Waals surface area contributed by atoms with E-state index in [4.69, 9.17) is 0 Å². The smallest absolute Gasteiger partial charge is 0.241 e. The minimum atomic E-state index is -0.596. The second kappa shape index (κ2) is 2.69. The first-order valence-electron chi connectivity index (χ1n) is 4.07. The van der Waals surface area contributed by atoms with Crippen molar-refractivity contribution in [2.75, 3.05) is 11.9 Å². The van der Waals surface area contributed by atoms with E-state index in [9.17, 15) is 9.59 Å². The molecule has 1 amide bonds. The van der Waals surface area contributed by atoms with E-state index in [0.717, 1.165) is 11.3 Å². The largest absolute Gasteiger partial charge is 0.314 e. The van der Waals surface area contributed by atoms with E-state index in [-0.39, 0.29) is 5.91 Å². The molecule has 1 aliphatic rings. The number of fused-ring (bicyclic) bond motifs is 1. The summed E-state index contributed by atoms with van der Waals surface area (Å²) in [6.45, 7) is 0. The van der Waals surface area contributed by atoms with Crippen LogP contribution in [0.4, 0.5) is 5.69 Å². The summed E-state index contributed by atoms with van der Waals surface area (Å²) >= 11 is 0. The second-order valence-electron chi connectivity index (χ2n) is 3.07. The van der Waals surface area contributed by atoms with Crippen LogP contribution in [0.25, 0.3) is 0 Å². The lowest BCUT2D eigenvalue weighted by molar-refractivity contribution is -0.122. The molecule has 3 heteroatoms. The Hall–Kier alpha value is -1.64. The van der Waals surface area contributed by atoms with Crippen LogP contribution in [0.15, 0.2) is 24.3 Å². The monoisotopic (exact) mass is 175 g/mol. The number of amides is 1. The third-order valence-corrected chi connectivity index (χ3v) is 2.37. The fourth-order valence-corrected chi connectivity index (χ4v) is 1.65. The molecule has 2 rings (SSSR count). The number of nitrogens with zero attached hydrogens (tertiary/aromatic N) is 1. The van der Waals surface area contributed by atoms with Crippen LogP contribution in [0, 0.1) is 0 Å². The fraction of sp³-hybridized carbons (Fsp3) is 0.200. The summed E-state index contributed by atoms with van der Waals surface area (Å²) in [6.07, 6.45) is 0.699. The van der Waals surface area contributed by atoms with Crippen LogP contribution in [-0.4, -0.2) is 19.2 Å². The number of para-hydroxylation sites is 1. The van der Waals surface area contributed by atoms with Crippen molar-refractivity contribution in [2.24, 2.45) is 0 Å². The highest BCUT2D eigenvalue weighted by molar-refractivity contribution is 6.12. The van der Waals surface area contributed by atoms with Gasteiger partial charge < -0.3 is 9.69 Å². The van der Waals surface area contributed by atoms with E-state index >= 15 is 0 Å². The SMILES string of the molecule is CN1C(=O)[C@H](C=O)c2ccccc21. The summed E-state index contributed by atoms with van der Waals surface area (Å²) in [7, 11) is 1.69. The molecule has 0 unspecified atom stereocenters. The number of hydrogen-bond acceptors (Lipinski definition) is 2. The zero-order valence-electron chi connectivity index (χ0n) is 7.23. The van der Waals surface area contributed by atoms with Crippen molar-refractivity contribution in [3.05, 3.63) is 29.8 Å². The Balaban J connectivity index is 2.59. The van der Waals surface area contributed by atoms with Gasteiger partial charge in [0.05, 0.1) is 0 Å². The van der Waals surface area contributed by atoms with Crippen LogP contribution in [-0.2, 0) is 9.59 Å². The molecule has 0 aromatic heterocycles. The highest BCUT2D eigenvalue weighted by atomic mass is 16.2. The molecule has 66 valence electrons. The normalized spacial score (nSPS) is 20.2. The number of carbonyl (C=O) groups is 2. The fourth-order valence-electron chi connectivity index (χ4n) is 1.65. The maximum Gasteiger partial charge on any atom is 0.241 e. The molecule has 1 aliphatic heterocycles. The molecule has 1 atom stereocenters. The molecule has 3 nitrogen and oxygen atoms in total. The van der Waals surface area contributed by atoms with Gasteiger partial charge in [0.15, 0.2) is 0 Å². The zero-order chi connectivity index (χ0) is 9.42. The molecule has 0 fully saturated rings. The molecule has 0 aliphatic carbocycles. The van der Waals surface area contributed by atoms with Gasteiger partial charge in [-0.25, -0.2) is 0 Å². The Bertz CT molecular complexity index is 373. The summed E-state index contributed by atoms with van der Waals surface area (Å²) in [5.74, 6) is -0.739. The third kappa shape index (κ3) is 0.967. The van der Waals surface area contributed by atoms with Crippen molar-refractivity contribution in [1.82, 2.24) is 0 Å². The molecule has 0 N–H and O–H groups in total. The first-order valence-corrected chi connectivity index (χ1v) is 4.07. The number of rotatable bonds is 1. The zero-order valence-corrected chi connectivity index (χ0v) is 7.23. The third-order valence-electron chi connectivity index (χ3n) is 2.37. The van der Waals surface area contributed by atoms with Gasteiger partial charge in [-0.05, 0) is 11.6 Å². The number of hydrogen-bond donors (Lipinski definition) is 0. The van der Waals surface area contributed by atoms with Crippen molar-refractivity contribution in [1.29, 1.82) is 0 Å². The van der Waals surface area contributed by atoms with Crippen LogP contribution < -0.4 is 4.90 Å². The Morgan fingerprint density at radius 2 is 2.08 bits per heavy atom. The lowest BCUT2D eigenvalue weighted by atomic mass is 10.0. The van der Waals surface area contributed by atoms with Crippen LogP contribution in [0.3, 0.4) is 0 Å². The summed E-state index contributed by atoms with van der Waals surface area (Å²) in [5, 5.41) is 0.